The lowest BCUT2D eigenvalue weighted by Crippen LogP contribution is -1.89. The molecule has 4 rings (SSSR count). The predicted molar refractivity (Wildman–Crippen MR) is 94.7 cm³/mol. The van der Waals surface area contributed by atoms with Gasteiger partial charge in [-0.25, -0.2) is 9.97 Å². The van der Waals surface area contributed by atoms with E-state index in [1.54, 1.807) is 31.9 Å². The van der Waals surface area contributed by atoms with E-state index in [1.165, 1.54) is 11.3 Å². The molecule has 0 saturated carbocycles. The summed E-state index contributed by atoms with van der Waals surface area (Å²) in [6, 6.07) is 9.63. The van der Waals surface area contributed by atoms with Gasteiger partial charge in [-0.1, -0.05) is 11.3 Å². The van der Waals surface area contributed by atoms with Crippen LogP contribution in [0.3, 0.4) is 0 Å². The number of anilines is 2. The number of hydrogen-bond acceptors (Lipinski definition) is 7. The van der Waals surface area contributed by atoms with Crippen molar-refractivity contribution < 1.29 is 4.74 Å². The number of ether oxygens (including phenoxy) is 1. The number of thiazole rings is 1. The molecule has 0 aromatic carbocycles. The van der Waals surface area contributed by atoms with Crippen molar-refractivity contribution >= 4 is 32.5 Å². The second kappa shape index (κ2) is 6.21. The molecule has 0 bridgehead atoms. The summed E-state index contributed by atoms with van der Waals surface area (Å²) in [4.78, 5) is 18.4. The van der Waals surface area contributed by atoms with Crippen LogP contribution in [0.15, 0.2) is 55.1 Å². The van der Waals surface area contributed by atoms with Gasteiger partial charge in [-0.05, 0) is 30.3 Å². The monoisotopic (exact) mass is 335 g/mol. The Morgan fingerprint density at radius 1 is 1.04 bits per heavy atom. The molecule has 0 amide bonds. The van der Waals surface area contributed by atoms with Gasteiger partial charge in [0.2, 0.25) is 0 Å². The van der Waals surface area contributed by atoms with E-state index in [4.69, 9.17) is 4.74 Å². The molecule has 6 nitrogen and oxygen atoms in total. The first-order valence-corrected chi connectivity index (χ1v) is 8.07. The van der Waals surface area contributed by atoms with E-state index in [0.717, 1.165) is 32.4 Å². The summed E-state index contributed by atoms with van der Waals surface area (Å²) in [5.41, 5.74) is 3.50. The summed E-state index contributed by atoms with van der Waals surface area (Å²) < 4.78 is 5.22. The number of pyridine rings is 3. The van der Waals surface area contributed by atoms with Gasteiger partial charge in [-0.15, -0.1) is 0 Å². The van der Waals surface area contributed by atoms with Crippen LogP contribution in [0.2, 0.25) is 0 Å². The summed E-state index contributed by atoms with van der Waals surface area (Å²) in [6.07, 6.45) is 6.93. The molecule has 0 unspecified atom stereocenters. The third-order valence-corrected chi connectivity index (χ3v) is 4.29. The van der Waals surface area contributed by atoms with Crippen molar-refractivity contribution in [2.45, 2.75) is 0 Å². The molecule has 24 heavy (non-hydrogen) atoms. The van der Waals surface area contributed by atoms with E-state index < -0.39 is 0 Å². The molecule has 0 radical (unpaired) electrons. The first kappa shape index (κ1) is 14.5. The van der Waals surface area contributed by atoms with Crippen LogP contribution in [-0.2, 0) is 0 Å². The number of rotatable bonds is 4. The van der Waals surface area contributed by atoms with E-state index in [2.05, 4.69) is 25.3 Å². The standard InChI is InChI=1S/C17H13N5OS/c1-23-13-7-11(8-19-10-13)14-4-5-15-16(21-14)24-17(22-15)20-12-3-2-6-18-9-12/h2-10H,1H3,(H,20,22). The molecular weight excluding hydrogens is 322 g/mol. The lowest BCUT2D eigenvalue weighted by molar-refractivity contribution is 0.413. The number of hydrogen-bond donors (Lipinski definition) is 1. The molecule has 0 aliphatic carbocycles. The fourth-order valence-corrected chi connectivity index (χ4v) is 3.12. The van der Waals surface area contributed by atoms with E-state index in [-0.39, 0.29) is 0 Å². The highest BCUT2D eigenvalue weighted by Crippen LogP contribution is 2.29. The van der Waals surface area contributed by atoms with Gasteiger partial charge < -0.3 is 10.1 Å². The van der Waals surface area contributed by atoms with Gasteiger partial charge in [0.1, 0.15) is 16.1 Å². The smallest absolute Gasteiger partial charge is 0.189 e. The second-order valence-corrected chi connectivity index (χ2v) is 6.00. The normalized spacial score (nSPS) is 10.7. The van der Waals surface area contributed by atoms with E-state index in [0.29, 0.717) is 5.75 Å². The van der Waals surface area contributed by atoms with Crippen LogP contribution in [0.4, 0.5) is 10.8 Å². The second-order valence-electron chi connectivity index (χ2n) is 5.02. The van der Waals surface area contributed by atoms with Crippen molar-refractivity contribution in [2.75, 3.05) is 12.4 Å². The Bertz CT molecular complexity index is 987. The van der Waals surface area contributed by atoms with Crippen molar-refractivity contribution in [3.8, 4) is 17.0 Å². The molecule has 0 fully saturated rings. The van der Waals surface area contributed by atoms with Crippen molar-refractivity contribution in [3.05, 3.63) is 55.1 Å². The first-order chi connectivity index (χ1) is 11.8. The molecule has 0 aliphatic rings. The third-order valence-electron chi connectivity index (χ3n) is 3.41. The zero-order chi connectivity index (χ0) is 16.4. The lowest BCUT2D eigenvalue weighted by atomic mass is 10.2. The first-order valence-electron chi connectivity index (χ1n) is 7.26. The molecule has 0 saturated heterocycles. The lowest BCUT2D eigenvalue weighted by Gasteiger charge is -2.02. The maximum atomic E-state index is 5.22. The van der Waals surface area contributed by atoms with Crippen LogP contribution >= 0.6 is 11.3 Å². The average molecular weight is 335 g/mol. The van der Waals surface area contributed by atoms with E-state index in [1.807, 2.05) is 30.3 Å². The van der Waals surface area contributed by atoms with Crippen molar-refractivity contribution in [1.82, 2.24) is 19.9 Å². The summed E-state index contributed by atoms with van der Waals surface area (Å²) in [6.45, 7) is 0. The number of nitrogens with one attached hydrogen (secondary N) is 1. The van der Waals surface area contributed by atoms with Crippen molar-refractivity contribution in [1.29, 1.82) is 0 Å². The summed E-state index contributed by atoms with van der Waals surface area (Å²) in [5, 5.41) is 4.03. The quantitative estimate of drug-likeness (QED) is 0.610. The number of nitrogens with zero attached hydrogens (tertiary/aromatic N) is 4. The maximum absolute atomic E-state index is 5.22. The molecule has 1 N–H and O–H groups in total. The van der Waals surface area contributed by atoms with Crippen LogP contribution in [0.25, 0.3) is 21.6 Å². The van der Waals surface area contributed by atoms with Crippen LogP contribution < -0.4 is 10.1 Å². The van der Waals surface area contributed by atoms with E-state index in [9.17, 15) is 0 Å². The molecule has 4 aromatic heterocycles. The SMILES string of the molecule is COc1cncc(-c2ccc3nc(Nc4cccnc4)sc3n2)c1. The fourth-order valence-electron chi connectivity index (χ4n) is 2.26. The fraction of sp³-hybridized carbons (Fsp3) is 0.0588. The van der Waals surface area contributed by atoms with E-state index >= 15 is 0 Å². The Hall–Kier alpha value is -3.06. The van der Waals surface area contributed by atoms with Gasteiger partial charge in [-0.2, -0.15) is 0 Å². The summed E-state index contributed by atoms with van der Waals surface area (Å²) in [7, 11) is 1.62. The Balaban J connectivity index is 1.68. The van der Waals surface area contributed by atoms with Crippen LogP contribution in [0, 0.1) is 0 Å². The minimum atomic E-state index is 0.706. The number of fused-ring (bicyclic) bond motifs is 1. The highest BCUT2D eigenvalue weighted by atomic mass is 32.1. The Morgan fingerprint density at radius 2 is 2.00 bits per heavy atom. The molecule has 4 aromatic rings. The Morgan fingerprint density at radius 3 is 2.83 bits per heavy atom. The highest BCUT2D eigenvalue weighted by Gasteiger charge is 2.08. The van der Waals surface area contributed by atoms with Crippen LogP contribution in [-0.4, -0.2) is 27.0 Å². The highest BCUT2D eigenvalue weighted by molar-refractivity contribution is 7.21. The van der Waals surface area contributed by atoms with Gasteiger partial charge in [0.25, 0.3) is 0 Å². The molecular formula is C17H13N5OS. The number of methoxy groups -OCH3 is 1. The minimum absolute atomic E-state index is 0.706. The topological polar surface area (TPSA) is 72.8 Å². The Kier molecular flexibility index (Phi) is 3.76. The summed E-state index contributed by atoms with van der Waals surface area (Å²) >= 11 is 1.50. The number of aromatic nitrogens is 4. The zero-order valence-corrected chi connectivity index (χ0v) is 13.6. The molecule has 0 spiro atoms. The average Bonchev–Trinajstić information content (AvgIpc) is 3.04. The van der Waals surface area contributed by atoms with Crippen LogP contribution in [0.1, 0.15) is 0 Å². The van der Waals surface area contributed by atoms with Gasteiger partial charge >= 0.3 is 0 Å². The molecule has 118 valence electrons. The molecule has 7 heteroatoms. The van der Waals surface area contributed by atoms with Crippen LogP contribution in [0.5, 0.6) is 5.75 Å². The Labute approximate surface area is 142 Å². The molecule has 0 aliphatic heterocycles. The van der Waals surface area contributed by atoms with Gasteiger partial charge in [0.15, 0.2) is 5.13 Å². The zero-order valence-electron chi connectivity index (χ0n) is 12.8. The van der Waals surface area contributed by atoms with Crippen molar-refractivity contribution in [3.63, 3.8) is 0 Å². The van der Waals surface area contributed by atoms with Gasteiger partial charge in [0.05, 0.1) is 30.9 Å². The van der Waals surface area contributed by atoms with Gasteiger partial charge in [0, 0.05) is 18.0 Å². The predicted octanol–water partition coefficient (Wildman–Crippen LogP) is 3.90. The largest absolute Gasteiger partial charge is 0.495 e. The van der Waals surface area contributed by atoms with Crippen molar-refractivity contribution in [2.24, 2.45) is 0 Å². The minimum Gasteiger partial charge on any atom is -0.495 e. The molecule has 4 heterocycles. The summed E-state index contributed by atoms with van der Waals surface area (Å²) in [5.74, 6) is 0.706. The van der Waals surface area contributed by atoms with Gasteiger partial charge in [-0.3, -0.25) is 9.97 Å². The molecule has 0 atom stereocenters. The third kappa shape index (κ3) is 2.89. The maximum Gasteiger partial charge on any atom is 0.189 e.